The van der Waals surface area contributed by atoms with Crippen molar-refractivity contribution >= 4 is 31.9 Å². The smallest absolute Gasteiger partial charge is 0.0717 e. The molecular weight excluding hydrogens is 320 g/mol. The Bertz CT molecular complexity index is 305. The molecule has 0 aliphatic heterocycles. The Kier molecular flexibility index (Phi) is 6.22. The molecule has 0 fully saturated rings. The van der Waals surface area contributed by atoms with Crippen molar-refractivity contribution in [3.05, 3.63) is 45.4 Å². The molecule has 0 spiro atoms. The highest BCUT2D eigenvalue weighted by Gasteiger charge is 1.99. The van der Waals surface area contributed by atoms with Crippen molar-refractivity contribution < 1.29 is 4.74 Å². The molecule has 0 aliphatic carbocycles. The van der Waals surface area contributed by atoms with Gasteiger partial charge in [0.15, 0.2) is 0 Å². The van der Waals surface area contributed by atoms with Crippen molar-refractivity contribution in [2.45, 2.75) is 13.5 Å². The number of benzene rings is 1. The second kappa shape index (κ2) is 7.20. The molecule has 1 atom stereocenters. The lowest BCUT2D eigenvalue weighted by Crippen LogP contribution is -2.03. The van der Waals surface area contributed by atoms with Crippen LogP contribution in [0.15, 0.2) is 39.8 Å². The highest BCUT2D eigenvalue weighted by molar-refractivity contribution is 9.28. The summed E-state index contributed by atoms with van der Waals surface area (Å²) in [4.78, 5) is 0. The highest BCUT2D eigenvalue weighted by Crippen LogP contribution is 2.16. The number of rotatable bonds is 5. The maximum Gasteiger partial charge on any atom is 0.0717 e. The largest absolute Gasteiger partial charge is 0.376 e. The molecule has 1 aromatic carbocycles. The van der Waals surface area contributed by atoms with Gasteiger partial charge in [-0.3, -0.25) is 0 Å². The van der Waals surface area contributed by atoms with Crippen LogP contribution in [0.5, 0.6) is 0 Å². The van der Waals surface area contributed by atoms with Gasteiger partial charge in [-0.05, 0) is 43.3 Å². The van der Waals surface area contributed by atoms with Crippen molar-refractivity contribution in [2.75, 3.05) is 6.61 Å². The van der Waals surface area contributed by atoms with E-state index in [9.17, 15) is 0 Å². The molecule has 0 saturated heterocycles. The minimum atomic E-state index is 0.405. The molecule has 0 aromatic heterocycles. The van der Waals surface area contributed by atoms with Crippen molar-refractivity contribution in [2.24, 2.45) is 5.92 Å². The van der Waals surface area contributed by atoms with Crippen LogP contribution in [0.3, 0.4) is 0 Å². The number of ether oxygens (including phenoxy) is 1. The fourth-order valence-electron chi connectivity index (χ4n) is 1.20. The molecule has 0 radical (unpaired) electrons. The topological polar surface area (TPSA) is 9.23 Å². The van der Waals surface area contributed by atoms with Crippen molar-refractivity contribution in [3.63, 3.8) is 0 Å². The first-order chi connectivity index (χ1) is 7.18. The summed E-state index contributed by atoms with van der Waals surface area (Å²) >= 11 is 6.67. The standard InChI is InChI=1S/C12H14Br2O/c1-10(7-12(13)14)8-15-9-11-5-3-2-4-6-11/h2-7,10H,8-9H2,1H3/t10-/m0/s1. The Labute approximate surface area is 108 Å². The summed E-state index contributed by atoms with van der Waals surface area (Å²) < 4.78 is 6.57. The van der Waals surface area contributed by atoms with Gasteiger partial charge >= 0.3 is 0 Å². The number of hydrogen-bond donors (Lipinski definition) is 0. The van der Waals surface area contributed by atoms with E-state index in [0.29, 0.717) is 12.5 Å². The number of hydrogen-bond acceptors (Lipinski definition) is 1. The van der Waals surface area contributed by atoms with Gasteiger partial charge in [-0.15, -0.1) is 0 Å². The van der Waals surface area contributed by atoms with E-state index < -0.39 is 0 Å². The molecule has 0 heterocycles. The minimum absolute atomic E-state index is 0.405. The Hall–Kier alpha value is -0.120. The fraction of sp³-hybridized carbons (Fsp3) is 0.333. The van der Waals surface area contributed by atoms with Crippen molar-refractivity contribution in [1.29, 1.82) is 0 Å². The maximum atomic E-state index is 5.60. The molecular formula is C12H14Br2O. The lowest BCUT2D eigenvalue weighted by atomic mass is 10.2. The fourth-order valence-corrected chi connectivity index (χ4v) is 2.10. The molecule has 0 N–H and O–H groups in total. The van der Waals surface area contributed by atoms with Crippen LogP contribution in [-0.4, -0.2) is 6.61 Å². The van der Waals surface area contributed by atoms with Crippen LogP contribution >= 0.6 is 31.9 Å². The average molecular weight is 334 g/mol. The Balaban J connectivity index is 2.25. The van der Waals surface area contributed by atoms with E-state index in [2.05, 4.69) is 57.0 Å². The highest BCUT2D eigenvalue weighted by atomic mass is 79.9. The van der Waals surface area contributed by atoms with Crippen LogP contribution in [0.2, 0.25) is 0 Å². The quantitative estimate of drug-likeness (QED) is 0.772. The van der Waals surface area contributed by atoms with Gasteiger partial charge in [0.2, 0.25) is 0 Å². The molecule has 0 amide bonds. The molecule has 15 heavy (non-hydrogen) atoms. The lowest BCUT2D eigenvalue weighted by molar-refractivity contribution is 0.104. The van der Waals surface area contributed by atoms with Gasteiger partial charge in [-0.1, -0.05) is 43.3 Å². The molecule has 0 bridgehead atoms. The van der Waals surface area contributed by atoms with Crippen molar-refractivity contribution in [1.82, 2.24) is 0 Å². The third kappa shape index (κ3) is 6.13. The Morgan fingerprint density at radius 2 is 2.00 bits per heavy atom. The molecule has 0 unspecified atom stereocenters. The van der Waals surface area contributed by atoms with Crippen LogP contribution < -0.4 is 0 Å². The van der Waals surface area contributed by atoms with Gasteiger partial charge in [-0.25, -0.2) is 0 Å². The number of halogens is 2. The van der Waals surface area contributed by atoms with Crippen LogP contribution in [0.1, 0.15) is 12.5 Å². The zero-order valence-electron chi connectivity index (χ0n) is 8.62. The van der Waals surface area contributed by atoms with E-state index in [4.69, 9.17) is 4.74 Å². The van der Waals surface area contributed by atoms with Crippen LogP contribution in [-0.2, 0) is 11.3 Å². The summed E-state index contributed by atoms with van der Waals surface area (Å²) in [5, 5.41) is 0. The molecule has 0 aliphatic rings. The van der Waals surface area contributed by atoms with Crippen LogP contribution in [0.25, 0.3) is 0 Å². The van der Waals surface area contributed by atoms with Gasteiger partial charge in [0.05, 0.1) is 16.6 Å². The molecule has 1 aromatic rings. The maximum absolute atomic E-state index is 5.60. The molecule has 82 valence electrons. The minimum Gasteiger partial charge on any atom is -0.376 e. The molecule has 1 rings (SSSR count). The molecule has 0 saturated carbocycles. The van der Waals surface area contributed by atoms with E-state index in [1.54, 1.807) is 0 Å². The predicted octanol–water partition coefficient (Wildman–Crippen LogP) is 4.47. The summed E-state index contributed by atoms with van der Waals surface area (Å²) in [5.74, 6) is 0.405. The lowest BCUT2D eigenvalue weighted by Gasteiger charge is -2.07. The summed E-state index contributed by atoms with van der Waals surface area (Å²) in [7, 11) is 0. The van der Waals surface area contributed by atoms with Crippen molar-refractivity contribution in [3.8, 4) is 0 Å². The zero-order valence-corrected chi connectivity index (χ0v) is 11.8. The van der Waals surface area contributed by atoms with Crippen LogP contribution in [0, 0.1) is 5.92 Å². The third-order valence-electron chi connectivity index (χ3n) is 1.90. The molecule has 1 nitrogen and oxygen atoms in total. The van der Waals surface area contributed by atoms with Gasteiger partial charge in [-0.2, -0.15) is 0 Å². The second-order valence-electron chi connectivity index (χ2n) is 3.43. The SMILES string of the molecule is C[C@@H](C=C(Br)Br)COCc1ccccc1. The van der Waals surface area contributed by atoms with E-state index >= 15 is 0 Å². The van der Waals surface area contributed by atoms with E-state index in [-0.39, 0.29) is 0 Å². The van der Waals surface area contributed by atoms with Gasteiger partial charge < -0.3 is 4.74 Å². The van der Waals surface area contributed by atoms with E-state index in [0.717, 1.165) is 10.00 Å². The van der Waals surface area contributed by atoms with Gasteiger partial charge in [0.1, 0.15) is 0 Å². The Morgan fingerprint density at radius 1 is 1.33 bits per heavy atom. The monoisotopic (exact) mass is 332 g/mol. The summed E-state index contributed by atoms with van der Waals surface area (Å²) in [5.41, 5.74) is 1.21. The van der Waals surface area contributed by atoms with E-state index in [1.807, 2.05) is 18.2 Å². The van der Waals surface area contributed by atoms with E-state index in [1.165, 1.54) is 5.56 Å². The van der Waals surface area contributed by atoms with Gasteiger partial charge in [0.25, 0.3) is 0 Å². The average Bonchev–Trinajstić information content (AvgIpc) is 2.18. The first-order valence-electron chi connectivity index (χ1n) is 4.83. The predicted molar refractivity (Wildman–Crippen MR) is 71.2 cm³/mol. The summed E-state index contributed by atoms with van der Waals surface area (Å²) in [6.45, 7) is 3.53. The van der Waals surface area contributed by atoms with Crippen LogP contribution in [0.4, 0.5) is 0 Å². The Morgan fingerprint density at radius 3 is 2.60 bits per heavy atom. The first kappa shape index (κ1) is 12.9. The summed E-state index contributed by atoms with van der Waals surface area (Å²) in [6, 6.07) is 10.2. The third-order valence-corrected chi connectivity index (χ3v) is 2.43. The summed E-state index contributed by atoms with van der Waals surface area (Å²) in [6.07, 6.45) is 2.07. The zero-order chi connectivity index (χ0) is 11.1. The molecule has 3 heteroatoms. The first-order valence-corrected chi connectivity index (χ1v) is 6.41. The van der Waals surface area contributed by atoms with Gasteiger partial charge in [0, 0.05) is 0 Å². The normalized spacial score (nSPS) is 12.2. The second-order valence-corrected chi connectivity index (χ2v) is 6.21.